The molecule has 0 unspecified atom stereocenters. The van der Waals surface area contributed by atoms with Crippen LogP contribution in [0.3, 0.4) is 0 Å². The van der Waals surface area contributed by atoms with Gasteiger partial charge in [0.05, 0.1) is 4.92 Å². The number of anilines is 2. The molecule has 0 bridgehead atoms. The van der Waals surface area contributed by atoms with E-state index in [0.29, 0.717) is 15.7 Å². The van der Waals surface area contributed by atoms with Gasteiger partial charge in [-0.15, -0.1) is 0 Å². The number of halogens is 2. The highest BCUT2D eigenvalue weighted by atomic mass is 35.5. The summed E-state index contributed by atoms with van der Waals surface area (Å²) in [7, 11) is 0. The fourth-order valence-corrected chi connectivity index (χ4v) is 2.90. The standard InChI is InChI=1S/C19H13Cl2N3O2/c20-15-9-14(10-16(21)12-15)7-6-13-3-1-4-17(11-13)23-19-18(24(25)26)5-2-8-22-19/h1-12H,(H,22,23)/b7-6+. The van der Waals surface area contributed by atoms with Gasteiger partial charge in [0, 0.05) is 28.0 Å². The molecule has 0 aliphatic carbocycles. The molecule has 0 spiro atoms. The van der Waals surface area contributed by atoms with E-state index in [4.69, 9.17) is 23.2 Å². The van der Waals surface area contributed by atoms with Crippen molar-refractivity contribution in [1.29, 1.82) is 0 Å². The summed E-state index contributed by atoms with van der Waals surface area (Å²) < 4.78 is 0. The summed E-state index contributed by atoms with van der Waals surface area (Å²) in [5.74, 6) is 0.195. The Morgan fingerprint density at radius 2 is 1.69 bits per heavy atom. The Labute approximate surface area is 160 Å². The van der Waals surface area contributed by atoms with Crippen molar-refractivity contribution in [2.75, 3.05) is 5.32 Å². The third kappa shape index (κ3) is 4.59. The van der Waals surface area contributed by atoms with Gasteiger partial charge in [-0.05, 0) is 47.5 Å². The van der Waals surface area contributed by atoms with E-state index in [1.807, 2.05) is 48.6 Å². The molecular formula is C19H13Cl2N3O2. The molecule has 0 radical (unpaired) electrons. The van der Waals surface area contributed by atoms with Gasteiger partial charge in [0.15, 0.2) is 0 Å². The van der Waals surface area contributed by atoms with E-state index >= 15 is 0 Å². The van der Waals surface area contributed by atoms with E-state index in [0.717, 1.165) is 11.1 Å². The van der Waals surface area contributed by atoms with E-state index in [2.05, 4.69) is 10.3 Å². The van der Waals surface area contributed by atoms with Crippen molar-refractivity contribution in [2.24, 2.45) is 0 Å². The highest BCUT2D eigenvalue weighted by molar-refractivity contribution is 6.34. The van der Waals surface area contributed by atoms with Crippen LogP contribution in [-0.4, -0.2) is 9.91 Å². The number of nitro groups is 1. The van der Waals surface area contributed by atoms with E-state index in [-0.39, 0.29) is 11.5 Å². The average Bonchev–Trinajstić information content (AvgIpc) is 2.60. The van der Waals surface area contributed by atoms with Crippen molar-refractivity contribution in [3.8, 4) is 0 Å². The molecule has 7 heteroatoms. The summed E-state index contributed by atoms with van der Waals surface area (Å²) in [4.78, 5) is 14.7. The normalized spacial score (nSPS) is 10.8. The molecule has 0 saturated heterocycles. The SMILES string of the molecule is O=[N+]([O-])c1cccnc1Nc1cccc(/C=C/c2cc(Cl)cc(Cl)c2)c1. The van der Waals surface area contributed by atoms with Crippen LogP contribution in [0.2, 0.25) is 10.0 Å². The molecule has 3 rings (SSSR count). The first-order chi connectivity index (χ1) is 12.5. The lowest BCUT2D eigenvalue weighted by molar-refractivity contribution is -0.384. The zero-order valence-corrected chi connectivity index (χ0v) is 14.9. The second-order valence-electron chi connectivity index (χ2n) is 5.41. The molecule has 2 aromatic carbocycles. The number of pyridine rings is 1. The van der Waals surface area contributed by atoms with Crippen molar-refractivity contribution in [2.45, 2.75) is 0 Å². The highest BCUT2D eigenvalue weighted by Crippen LogP contribution is 2.25. The van der Waals surface area contributed by atoms with Crippen molar-refractivity contribution >= 4 is 52.5 Å². The van der Waals surface area contributed by atoms with E-state index in [1.54, 1.807) is 6.07 Å². The van der Waals surface area contributed by atoms with Crippen LogP contribution in [0.1, 0.15) is 11.1 Å². The summed E-state index contributed by atoms with van der Waals surface area (Å²) in [5, 5.41) is 15.2. The fourth-order valence-electron chi connectivity index (χ4n) is 2.36. The Balaban J connectivity index is 1.83. The lowest BCUT2D eigenvalue weighted by Gasteiger charge is -2.06. The number of hydrogen-bond acceptors (Lipinski definition) is 4. The lowest BCUT2D eigenvalue weighted by atomic mass is 10.1. The Morgan fingerprint density at radius 1 is 0.962 bits per heavy atom. The molecule has 130 valence electrons. The summed E-state index contributed by atoms with van der Waals surface area (Å²) in [6, 6.07) is 15.7. The molecule has 26 heavy (non-hydrogen) atoms. The number of nitrogens with zero attached hydrogens (tertiary/aromatic N) is 2. The zero-order valence-electron chi connectivity index (χ0n) is 13.4. The van der Waals surface area contributed by atoms with Gasteiger partial charge >= 0.3 is 5.69 Å². The first kappa shape index (κ1) is 17.9. The van der Waals surface area contributed by atoms with Crippen molar-refractivity contribution < 1.29 is 4.92 Å². The van der Waals surface area contributed by atoms with Gasteiger partial charge in [-0.3, -0.25) is 10.1 Å². The third-order valence-corrected chi connectivity index (χ3v) is 3.92. The quantitative estimate of drug-likeness (QED) is 0.322. The molecule has 0 fully saturated rings. The Hall–Kier alpha value is -2.89. The molecule has 5 nitrogen and oxygen atoms in total. The van der Waals surface area contributed by atoms with E-state index in [1.165, 1.54) is 18.3 Å². The van der Waals surface area contributed by atoms with E-state index < -0.39 is 4.92 Å². The lowest BCUT2D eigenvalue weighted by Crippen LogP contribution is -1.99. The number of rotatable bonds is 5. The highest BCUT2D eigenvalue weighted by Gasteiger charge is 2.13. The molecule has 1 aromatic heterocycles. The van der Waals surface area contributed by atoms with E-state index in [9.17, 15) is 10.1 Å². The maximum absolute atomic E-state index is 11.1. The van der Waals surface area contributed by atoms with Gasteiger partial charge < -0.3 is 5.32 Å². The van der Waals surface area contributed by atoms with Gasteiger partial charge in [0.25, 0.3) is 0 Å². The topological polar surface area (TPSA) is 68.1 Å². The molecule has 0 aliphatic heterocycles. The first-order valence-corrected chi connectivity index (χ1v) is 8.37. The largest absolute Gasteiger partial charge is 0.334 e. The first-order valence-electron chi connectivity index (χ1n) is 7.62. The summed E-state index contributed by atoms with van der Waals surface area (Å²) in [6.07, 6.45) is 5.29. The number of benzene rings is 2. The molecule has 1 heterocycles. The molecular weight excluding hydrogens is 373 g/mol. The molecule has 0 aliphatic rings. The summed E-state index contributed by atoms with van der Waals surface area (Å²) >= 11 is 12.0. The molecule has 3 aromatic rings. The van der Waals surface area contributed by atoms with Crippen LogP contribution in [0.5, 0.6) is 0 Å². The van der Waals surface area contributed by atoms with Gasteiger partial charge in [0.2, 0.25) is 5.82 Å². The zero-order chi connectivity index (χ0) is 18.5. The van der Waals surface area contributed by atoms with Crippen molar-refractivity contribution in [3.63, 3.8) is 0 Å². The second kappa shape index (κ2) is 7.99. The van der Waals surface area contributed by atoms with Crippen LogP contribution in [0.25, 0.3) is 12.2 Å². The number of nitrogens with one attached hydrogen (secondary N) is 1. The van der Waals surface area contributed by atoms with Crippen LogP contribution in [0, 0.1) is 10.1 Å². The van der Waals surface area contributed by atoms with Crippen LogP contribution in [0.4, 0.5) is 17.2 Å². The fraction of sp³-hybridized carbons (Fsp3) is 0. The predicted octanol–water partition coefficient (Wildman–Crippen LogP) is 6.21. The molecule has 0 saturated carbocycles. The minimum Gasteiger partial charge on any atom is -0.334 e. The average molecular weight is 386 g/mol. The Kier molecular flexibility index (Phi) is 5.51. The van der Waals surface area contributed by atoms with Crippen LogP contribution in [-0.2, 0) is 0 Å². The Morgan fingerprint density at radius 3 is 2.42 bits per heavy atom. The number of hydrogen-bond donors (Lipinski definition) is 1. The third-order valence-electron chi connectivity index (χ3n) is 3.49. The van der Waals surface area contributed by atoms with Crippen LogP contribution in [0.15, 0.2) is 60.8 Å². The second-order valence-corrected chi connectivity index (χ2v) is 6.29. The van der Waals surface area contributed by atoms with Crippen LogP contribution >= 0.6 is 23.2 Å². The number of aromatic nitrogens is 1. The smallest absolute Gasteiger partial charge is 0.311 e. The van der Waals surface area contributed by atoms with Crippen molar-refractivity contribution in [3.05, 3.63) is 92.1 Å². The maximum Gasteiger partial charge on any atom is 0.311 e. The summed E-state index contributed by atoms with van der Waals surface area (Å²) in [6.45, 7) is 0. The minimum absolute atomic E-state index is 0.0815. The van der Waals surface area contributed by atoms with Crippen molar-refractivity contribution in [1.82, 2.24) is 4.98 Å². The molecule has 1 N–H and O–H groups in total. The Bertz CT molecular complexity index is 970. The van der Waals surface area contributed by atoms with Gasteiger partial charge in [-0.25, -0.2) is 4.98 Å². The minimum atomic E-state index is -0.470. The van der Waals surface area contributed by atoms with Gasteiger partial charge in [-0.1, -0.05) is 47.5 Å². The van der Waals surface area contributed by atoms with Crippen LogP contribution < -0.4 is 5.32 Å². The summed E-state index contributed by atoms with van der Waals surface area (Å²) in [5.41, 5.74) is 2.39. The predicted molar refractivity (Wildman–Crippen MR) is 106 cm³/mol. The molecule has 0 amide bonds. The van der Waals surface area contributed by atoms with Gasteiger partial charge in [0.1, 0.15) is 0 Å². The monoisotopic (exact) mass is 385 g/mol. The van der Waals surface area contributed by atoms with Gasteiger partial charge in [-0.2, -0.15) is 0 Å². The molecule has 0 atom stereocenters. The maximum atomic E-state index is 11.1.